The smallest absolute Gasteiger partial charge is 0.414 e. The zero-order valence-electron chi connectivity index (χ0n) is 15.5. The highest BCUT2D eigenvalue weighted by atomic mass is 35.5. The molecule has 1 N–H and O–H groups in total. The number of benzene rings is 1. The van der Waals surface area contributed by atoms with Crippen molar-refractivity contribution in [1.29, 1.82) is 0 Å². The number of thiophene rings is 1. The van der Waals surface area contributed by atoms with Crippen LogP contribution in [-0.2, 0) is 17.8 Å². The first-order valence-corrected chi connectivity index (χ1v) is 9.35. The molecule has 0 aliphatic rings. The van der Waals surface area contributed by atoms with Gasteiger partial charge in [-0.25, -0.2) is 9.18 Å². The van der Waals surface area contributed by atoms with Crippen LogP contribution in [0.5, 0.6) is 0 Å². The summed E-state index contributed by atoms with van der Waals surface area (Å²) in [6.45, 7) is 7.07. The lowest BCUT2D eigenvalue weighted by atomic mass is 10.0. The van der Waals surface area contributed by atoms with Crippen LogP contribution >= 0.6 is 22.9 Å². The van der Waals surface area contributed by atoms with Gasteiger partial charge >= 0.3 is 6.09 Å². The second kappa shape index (κ2) is 7.94. The van der Waals surface area contributed by atoms with Crippen molar-refractivity contribution in [2.24, 2.45) is 0 Å². The Bertz CT molecular complexity index is 814. The number of ether oxygens (including phenoxy) is 1. The van der Waals surface area contributed by atoms with Crippen molar-refractivity contribution in [2.75, 3.05) is 11.9 Å². The molecule has 1 heterocycles. The molecule has 0 fully saturated rings. The van der Waals surface area contributed by atoms with Gasteiger partial charge in [0.15, 0.2) is 0 Å². The normalized spacial score (nSPS) is 11.5. The summed E-state index contributed by atoms with van der Waals surface area (Å²) in [4.78, 5) is 15.5. The molecule has 2 aromatic rings. The topological polar surface area (TPSA) is 49.8 Å². The third-order valence-corrected chi connectivity index (χ3v) is 5.26. The van der Waals surface area contributed by atoms with Crippen LogP contribution in [0.2, 0.25) is 5.02 Å². The van der Waals surface area contributed by atoms with Gasteiger partial charge in [-0.15, -0.1) is 11.3 Å². The van der Waals surface area contributed by atoms with Crippen molar-refractivity contribution in [3.8, 4) is 0 Å². The molecular weight excluding hydrogens is 377 g/mol. The SMILES string of the molecule is Cc1sc(CO)c(N(C)C(=O)OC(C)(C)C)c1Cc1cc(F)ccc1Cl. The van der Waals surface area contributed by atoms with E-state index in [1.165, 1.54) is 34.4 Å². The van der Waals surface area contributed by atoms with E-state index in [0.29, 0.717) is 27.6 Å². The van der Waals surface area contributed by atoms with Crippen LogP contribution < -0.4 is 4.90 Å². The van der Waals surface area contributed by atoms with Crippen LogP contribution in [0.4, 0.5) is 14.9 Å². The maximum Gasteiger partial charge on any atom is 0.414 e. The van der Waals surface area contributed by atoms with Crippen molar-refractivity contribution in [2.45, 2.75) is 46.3 Å². The number of halogens is 2. The molecule has 4 nitrogen and oxygen atoms in total. The molecule has 1 amide bonds. The first kappa shape index (κ1) is 20.7. The Hall–Kier alpha value is -1.63. The highest BCUT2D eigenvalue weighted by Crippen LogP contribution is 2.38. The lowest BCUT2D eigenvalue weighted by Crippen LogP contribution is -2.34. The first-order chi connectivity index (χ1) is 12.0. The molecule has 7 heteroatoms. The zero-order valence-corrected chi connectivity index (χ0v) is 17.1. The van der Waals surface area contributed by atoms with Crippen LogP contribution in [0.15, 0.2) is 18.2 Å². The zero-order chi connectivity index (χ0) is 19.6. The van der Waals surface area contributed by atoms with Crippen LogP contribution in [0, 0.1) is 12.7 Å². The summed E-state index contributed by atoms with van der Waals surface area (Å²) < 4.78 is 19.0. The molecule has 0 bridgehead atoms. The standard InChI is InChI=1S/C19H23ClFNO3S/c1-11-14(9-12-8-13(21)6-7-15(12)20)17(16(10-23)26-11)22(5)18(24)25-19(2,3)4/h6-8,23H,9-10H2,1-5H3. The molecule has 0 aliphatic carbocycles. The van der Waals surface area contributed by atoms with Crippen LogP contribution in [0.1, 0.15) is 41.7 Å². The monoisotopic (exact) mass is 399 g/mol. The number of aliphatic hydroxyl groups is 1. The van der Waals surface area contributed by atoms with E-state index in [-0.39, 0.29) is 12.4 Å². The molecular formula is C19H23ClFNO3S. The molecule has 0 saturated carbocycles. The lowest BCUT2D eigenvalue weighted by Gasteiger charge is -2.26. The number of carbonyl (C=O) groups excluding carboxylic acids is 1. The minimum absolute atomic E-state index is 0.204. The molecule has 1 aromatic carbocycles. The quantitative estimate of drug-likeness (QED) is 0.758. The summed E-state index contributed by atoms with van der Waals surface area (Å²) in [7, 11) is 1.60. The molecule has 0 unspecified atom stereocenters. The van der Waals surface area contributed by atoms with E-state index in [2.05, 4.69) is 0 Å². The Morgan fingerprint density at radius 2 is 2.04 bits per heavy atom. The van der Waals surface area contributed by atoms with E-state index in [1.807, 2.05) is 6.92 Å². The summed E-state index contributed by atoms with van der Waals surface area (Å²) in [5, 5.41) is 10.2. The van der Waals surface area contributed by atoms with Crippen molar-refractivity contribution in [3.05, 3.63) is 49.9 Å². The van der Waals surface area contributed by atoms with Gasteiger partial charge in [-0.1, -0.05) is 11.6 Å². The van der Waals surface area contributed by atoms with E-state index in [0.717, 1.165) is 10.4 Å². The molecule has 26 heavy (non-hydrogen) atoms. The van der Waals surface area contributed by atoms with Crippen molar-refractivity contribution >= 4 is 34.7 Å². The van der Waals surface area contributed by atoms with Gasteiger partial charge in [0.25, 0.3) is 0 Å². The summed E-state index contributed by atoms with van der Waals surface area (Å²) in [5.41, 5.74) is 1.39. The average Bonchev–Trinajstić information content (AvgIpc) is 2.84. The van der Waals surface area contributed by atoms with Gasteiger partial charge in [-0.05, 0) is 57.0 Å². The van der Waals surface area contributed by atoms with Crippen LogP contribution in [0.25, 0.3) is 0 Å². The van der Waals surface area contributed by atoms with Crippen molar-refractivity contribution in [1.82, 2.24) is 0 Å². The summed E-state index contributed by atoms with van der Waals surface area (Å²) in [6.07, 6.45) is -0.168. The van der Waals surface area contributed by atoms with Crippen molar-refractivity contribution < 1.29 is 19.0 Å². The number of carbonyl (C=O) groups is 1. The fraction of sp³-hybridized carbons (Fsp3) is 0.421. The van der Waals surface area contributed by atoms with E-state index in [9.17, 15) is 14.3 Å². The van der Waals surface area contributed by atoms with Crippen LogP contribution in [-0.4, -0.2) is 23.8 Å². The number of rotatable bonds is 4. The average molecular weight is 400 g/mol. The minimum atomic E-state index is -0.637. The van der Waals surface area contributed by atoms with E-state index >= 15 is 0 Å². The Balaban J connectivity index is 2.46. The predicted molar refractivity (Wildman–Crippen MR) is 104 cm³/mol. The van der Waals surface area contributed by atoms with Gasteiger partial charge in [0, 0.05) is 23.4 Å². The highest BCUT2D eigenvalue weighted by molar-refractivity contribution is 7.12. The Morgan fingerprint density at radius 1 is 1.38 bits per heavy atom. The number of amides is 1. The molecule has 2 rings (SSSR count). The first-order valence-electron chi connectivity index (χ1n) is 8.16. The second-order valence-corrected chi connectivity index (χ2v) is 8.74. The second-order valence-electron chi connectivity index (χ2n) is 7.02. The number of hydrogen-bond acceptors (Lipinski definition) is 4. The van der Waals surface area contributed by atoms with Gasteiger partial charge in [0.1, 0.15) is 11.4 Å². The predicted octanol–water partition coefficient (Wildman–Crippen LogP) is 5.30. The van der Waals surface area contributed by atoms with Gasteiger partial charge in [-0.3, -0.25) is 4.90 Å². The highest BCUT2D eigenvalue weighted by Gasteiger charge is 2.27. The maximum atomic E-state index is 13.6. The van der Waals surface area contributed by atoms with E-state index in [4.69, 9.17) is 16.3 Å². The fourth-order valence-electron chi connectivity index (χ4n) is 2.63. The van der Waals surface area contributed by atoms with Gasteiger partial charge < -0.3 is 9.84 Å². The van der Waals surface area contributed by atoms with Crippen molar-refractivity contribution in [3.63, 3.8) is 0 Å². The number of hydrogen-bond donors (Lipinski definition) is 1. The Kier molecular flexibility index (Phi) is 6.32. The molecule has 1 aromatic heterocycles. The molecule has 0 atom stereocenters. The molecule has 0 aliphatic heterocycles. The molecule has 0 saturated heterocycles. The third-order valence-electron chi connectivity index (χ3n) is 3.77. The molecule has 0 radical (unpaired) electrons. The summed E-state index contributed by atoms with van der Waals surface area (Å²) in [5.74, 6) is -0.373. The summed E-state index contributed by atoms with van der Waals surface area (Å²) in [6, 6.07) is 4.20. The van der Waals surface area contributed by atoms with Gasteiger partial charge in [0.2, 0.25) is 0 Å². The molecule has 0 spiro atoms. The third kappa shape index (κ3) is 4.75. The van der Waals surface area contributed by atoms with Gasteiger partial charge in [-0.2, -0.15) is 0 Å². The number of aliphatic hydroxyl groups excluding tert-OH is 1. The van der Waals surface area contributed by atoms with E-state index < -0.39 is 11.7 Å². The van der Waals surface area contributed by atoms with Gasteiger partial charge in [0.05, 0.1) is 17.2 Å². The Labute approximate surface area is 162 Å². The van der Waals surface area contributed by atoms with Crippen LogP contribution in [0.3, 0.4) is 0 Å². The van der Waals surface area contributed by atoms with E-state index in [1.54, 1.807) is 27.8 Å². The Morgan fingerprint density at radius 3 is 2.62 bits per heavy atom. The number of nitrogens with zero attached hydrogens (tertiary/aromatic N) is 1. The largest absolute Gasteiger partial charge is 0.443 e. The number of anilines is 1. The summed E-state index contributed by atoms with van der Waals surface area (Å²) >= 11 is 7.60. The fourth-order valence-corrected chi connectivity index (χ4v) is 3.89. The lowest BCUT2D eigenvalue weighted by molar-refractivity contribution is 0.0589. The molecule has 142 valence electrons. The number of aryl methyl sites for hydroxylation is 1. The minimum Gasteiger partial charge on any atom is -0.443 e. The maximum absolute atomic E-state index is 13.6.